The van der Waals surface area contributed by atoms with Crippen LogP contribution in [0.4, 0.5) is 5.69 Å². The highest BCUT2D eigenvalue weighted by Gasteiger charge is 2.32. The van der Waals surface area contributed by atoms with Crippen molar-refractivity contribution in [1.29, 1.82) is 0 Å². The molecule has 1 aliphatic heterocycles. The van der Waals surface area contributed by atoms with Crippen LogP contribution in [-0.4, -0.2) is 48.6 Å². The van der Waals surface area contributed by atoms with Crippen molar-refractivity contribution in [2.24, 2.45) is 5.92 Å². The van der Waals surface area contributed by atoms with Gasteiger partial charge in [-0.15, -0.1) is 0 Å². The van der Waals surface area contributed by atoms with E-state index in [2.05, 4.69) is 4.72 Å². The summed E-state index contributed by atoms with van der Waals surface area (Å²) in [5, 5.41) is 9.18. The predicted molar refractivity (Wildman–Crippen MR) is 95.0 cm³/mol. The molecule has 1 aromatic rings. The number of carbonyl (C=O) groups excluding carboxylic acids is 1. The highest BCUT2D eigenvalue weighted by molar-refractivity contribution is 7.92. The van der Waals surface area contributed by atoms with Gasteiger partial charge in [-0.1, -0.05) is 6.92 Å². The molecule has 1 amide bonds. The van der Waals surface area contributed by atoms with Gasteiger partial charge in [0.05, 0.1) is 11.7 Å². The van der Waals surface area contributed by atoms with Gasteiger partial charge in [-0.25, -0.2) is 8.42 Å². The molecule has 2 rings (SSSR count). The van der Waals surface area contributed by atoms with Crippen LogP contribution in [0.5, 0.6) is 0 Å². The molecule has 0 aromatic heterocycles. The van der Waals surface area contributed by atoms with Gasteiger partial charge in [0.1, 0.15) is 0 Å². The summed E-state index contributed by atoms with van der Waals surface area (Å²) in [6.07, 6.45) is 1.74. The Hall–Kier alpha value is -2.09. The molecule has 1 aliphatic rings. The number of hydrogen-bond acceptors (Lipinski definition) is 4. The fourth-order valence-corrected chi connectivity index (χ4v) is 4.07. The van der Waals surface area contributed by atoms with Crippen LogP contribution in [0.1, 0.15) is 43.5 Å². The first kappa shape index (κ1) is 19.2. The Bertz CT molecular complexity index is 730. The maximum absolute atomic E-state index is 12.7. The molecule has 1 heterocycles. The minimum atomic E-state index is -3.37. The second-order valence-electron chi connectivity index (χ2n) is 6.42. The van der Waals surface area contributed by atoms with Crippen molar-refractivity contribution in [3.05, 3.63) is 29.8 Å². The number of nitrogens with zero attached hydrogens (tertiary/aromatic N) is 1. The molecule has 0 aliphatic carbocycles. The molecule has 1 aromatic carbocycles. The average Bonchev–Trinajstić information content (AvgIpc) is 2.54. The first-order valence-electron chi connectivity index (χ1n) is 8.38. The lowest BCUT2D eigenvalue weighted by Crippen LogP contribution is -2.47. The second kappa shape index (κ2) is 7.86. The van der Waals surface area contributed by atoms with Gasteiger partial charge < -0.3 is 10.0 Å². The first-order valence-corrected chi connectivity index (χ1v) is 10.0. The number of carboxylic acid groups (broad SMARTS) is 1. The number of rotatable bonds is 6. The third-order valence-corrected chi connectivity index (χ3v) is 5.86. The largest absolute Gasteiger partial charge is 0.481 e. The number of carboxylic acids is 1. The molecule has 0 radical (unpaired) electrons. The third kappa shape index (κ3) is 4.94. The van der Waals surface area contributed by atoms with Crippen LogP contribution in [0.2, 0.25) is 0 Å². The standard InChI is InChI=1S/C17H24N2O5S/c1-3-10-25(23,24)18-15-8-6-13(7-9-15)16(20)19-11-14(17(21)22)5-4-12(19)2/h6-9,12,14,18H,3-5,10-11H2,1-2H3,(H,21,22). The van der Waals surface area contributed by atoms with Crippen molar-refractivity contribution in [2.45, 2.75) is 39.2 Å². The maximum Gasteiger partial charge on any atom is 0.308 e. The molecular formula is C17H24N2O5S. The molecule has 0 spiro atoms. The summed E-state index contributed by atoms with van der Waals surface area (Å²) in [6.45, 7) is 3.88. The molecule has 7 nitrogen and oxygen atoms in total. The molecule has 1 saturated heterocycles. The van der Waals surface area contributed by atoms with Crippen LogP contribution in [0.15, 0.2) is 24.3 Å². The van der Waals surface area contributed by atoms with Crippen molar-refractivity contribution in [2.75, 3.05) is 17.0 Å². The summed E-state index contributed by atoms with van der Waals surface area (Å²) < 4.78 is 26.0. The lowest BCUT2D eigenvalue weighted by Gasteiger charge is -2.36. The zero-order valence-corrected chi connectivity index (χ0v) is 15.3. The predicted octanol–water partition coefficient (Wildman–Crippen LogP) is 2.16. The van der Waals surface area contributed by atoms with Crippen molar-refractivity contribution >= 4 is 27.6 Å². The van der Waals surface area contributed by atoms with Crippen molar-refractivity contribution in [3.63, 3.8) is 0 Å². The Morgan fingerprint density at radius 1 is 1.24 bits per heavy atom. The quantitative estimate of drug-likeness (QED) is 0.801. The van der Waals surface area contributed by atoms with Crippen LogP contribution in [0, 0.1) is 5.92 Å². The Balaban J connectivity index is 2.10. The number of amides is 1. The first-order chi connectivity index (χ1) is 11.7. The highest BCUT2D eigenvalue weighted by atomic mass is 32.2. The van der Waals surface area contributed by atoms with Crippen LogP contribution in [0.25, 0.3) is 0 Å². The number of hydrogen-bond donors (Lipinski definition) is 2. The molecule has 2 unspecified atom stereocenters. The van der Waals surface area contributed by atoms with Crippen LogP contribution >= 0.6 is 0 Å². The Kier molecular flexibility index (Phi) is 6.05. The normalized spacial score (nSPS) is 21.0. The van der Waals surface area contributed by atoms with E-state index in [9.17, 15) is 23.1 Å². The third-order valence-electron chi connectivity index (χ3n) is 4.37. The van der Waals surface area contributed by atoms with Crippen molar-refractivity contribution in [1.82, 2.24) is 4.90 Å². The summed E-state index contributed by atoms with van der Waals surface area (Å²) in [6, 6.07) is 6.19. The number of piperidine rings is 1. The maximum atomic E-state index is 12.7. The molecule has 1 fully saturated rings. The van der Waals surface area contributed by atoms with E-state index >= 15 is 0 Å². The van der Waals surface area contributed by atoms with Gasteiger partial charge in [-0.2, -0.15) is 0 Å². The fourth-order valence-electron chi connectivity index (χ4n) is 2.94. The molecule has 0 bridgehead atoms. The van der Waals surface area contributed by atoms with Crippen LogP contribution in [0.3, 0.4) is 0 Å². The van der Waals surface area contributed by atoms with E-state index in [0.29, 0.717) is 30.5 Å². The molecule has 0 saturated carbocycles. The van der Waals surface area contributed by atoms with Crippen molar-refractivity contribution < 1.29 is 23.1 Å². The molecule has 8 heteroatoms. The van der Waals surface area contributed by atoms with Gasteiger partial charge in [0.15, 0.2) is 0 Å². The van der Waals surface area contributed by atoms with E-state index in [-0.39, 0.29) is 24.2 Å². The van der Waals surface area contributed by atoms with Gasteiger partial charge in [0.25, 0.3) is 5.91 Å². The summed E-state index contributed by atoms with van der Waals surface area (Å²) in [4.78, 5) is 25.4. The van der Waals surface area contributed by atoms with E-state index < -0.39 is 21.9 Å². The Morgan fingerprint density at radius 2 is 1.88 bits per heavy atom. The van der Waals surface area contributed by atoms with E-state index in [1.54, 1.807) is 36.1 Å². The van der Waals surface area contributed by atoms with Crippen molar-refractivity contribution in [3.8, 4) is 0 Å². The van der Waals surface area contributed by atoms with Gasteiger partial charge in [-0.05, 0) is 50.5 Å². The molecular weight excluding hydrogens is 344 g/mol. The van der Waals surface area contributed by atoms with E-state index in [1.165, 1.54) is 0 Å². The van der Waals surface area contributed by atoms with E-state index in [4.69, 9.17) is 0 Å². The number of likely N-dealkylation sites (tertiary alicyclic amines) is 1. The van der Waals surface area contributed by atoms with Gasteiger partial charge in [-0.3, -0.25) is 14.3 Å². The summed E-state index contributed by atoms with van der Waals surface area (Å²) in [5.41, 5.74) is 0.816. The number of sulfonamides is 1. The number of carbonyl (C=O) groups is 2. The Labute approximate surface area is 148 Å². The fraction of sp³-hybridized carbons (Fsp3) is 0.529. The van der Waals surface area contributed by atoms with Crippen LogP contribution < -0.4 is 4.72 Å². The summed E-state index contributed by atoms with van der Waals surface area (Å²) >= 11 is 0. The number of benzene rings is 1. The van der Waals surface area contributed by atoms with E-state index in [0.717, 1.165) is 0 Å². The molecule has 138 valence electrons. The summed E-state index contributed by atoms with van der Waals surface area (Å²) in [5.74, 6) is -1.62. The monoisotopic (exact) mass is 368 g/mol. The zero-order valence-electron chi connectivity index (χ0n) is 14.4. The topological polar surface area (TPSA) is 104 Å². The number of aliphatic carboxylic acids is 1. The van der Waals surface area contributed by atoms with Crippen LogP contribution in [-0.2, 0) is 14.8 Å². The minimum absolute atomic E-state index is 0.0224. The average molecular weight is 368 g/mol. The van der Waals surface area contributed by atoms with Gasteiger partial charge in [0, 0.05) is 23.8 Å². The van der Waals surface area contributed by atoms with E-state index in [1.807, 2.05) is 6.92 Å². The molecule has 25 heavy (non-hydrogen) atoms. The SMILES string of the molecule is CCCS(=O)(=O)Nc1ccc(C(=O)N2CC(C(=O)O)CCC2C)cc1. The molecule has 2 atom stereocenters. The van der Waals surface area contributed by atoms with Gasteiger partial charge >= 0.3 is 5.97 Å². The highest BCUT2D eigenvalue weighted by Crippen LogP contribution is 2.24. The number of anilines is 1. The zero-order chi connectivity index (χ0) is 18.6. The lowest BCUT2D eigenvalue weighted by atomic mass is 9.93. The number of nitrogens with one attached hydrogen (secondary N) is 1. The lowest BCUT2D eigenvalue weighted by molar-refractivity contribution is -0.143. The smallest absolute Gasteiger partial charge is 0.308 e. The van der Waals surface area contributed by atoms with Gasteiger partial charge in [0.2, 0.25) is 10.0 Å². The minimum Gasteiger partial charge on any atom is -0.481 e. The second-order valence-corrected chi connectivity index (χ2v) is 8.26. The molecule has 2 N–H and O–H groups in total. The summed E-state index contributed by atoms with van der Waals surface area (Å²) in [7, 11) is -3.37. The Morgan fingerprint density at radius 3 is 2.44 bits per heavy atom.